The van der Waals surface area contributed by atoms with E-state index in [0.29, 0.717) is 19.5 Å². The molecule has 1 aromatic carbocycles. The molecule has 1 aromatic heterocycles. The molecule has 1 N–H and O–H groups in total. The van der Waals surface area contributed by atoms with Crippen molar-refractivity contribution in [2.75, 3.05) is 13.1 Å². The van der Waals surface area contributed by atoms with E-state index in [0.717, 1.165) is 16.7 Å². The van der Waals surface area contributed by atoms with Crippen molar-refractivity contribution in [2.24, 2.45) is 0 Å². The molecule has 1 unspecified atom stereocenters. The van der Waals surface area contributed by atoms with Crippen LogP contribution >= 0.6 is 0 Å². The molecule has 1 atom stereocenters. The Morgan fingerprint density at radius 1 is 1.32 bits per heavy atom. The van der Waals surface area contributed by atoms with Crippen molar-refractivity contribution in [3.8, 4) is 0 Å². The van der Waals surface area contributed by atoms with Crippen molar-refractivity contribution in [1.82, 2.24) is 14.9 Å². The van der Waals surface area contributed by atoms with E-state index < -0.39 is 6.10 Å². The molecule has 98 valence electrons. The third kappa shape index (κ3) is 2.56. The van der Waals surface area contributed by atoms with E-state index in [1.54, 1.807) is 11.1 Å². The first-order chi connectivity index (χ1) is 9.22. The number of para-hydroxylation sites is 2. The topological polar surface area (TPSA) is 66.3 Å². The average molecular weight is 257 g/mol. The quantitative estimate of drug-likeness (QED) is 0.881. The van der Waals surface area contributed by atoms with E-state index in [2.05, 4.69) is 9.97 Å². The SMILES string of the molecule is O=C1CC(O)CN1CCc1cnc2ccccc2n1. The summed E-state index contributed by atoms with van der Waals surface area (Å²) in [5.41, 5.74) is 2.61. The number of carbonyl (C=O) groups is 1. The van der Waals surface area contributed by atoms with Gasteiger partial charge in [-0.3, -0.25) is 9.78 Å². The number of aliphatic hydroxyl groups is 1. The van der Waals surface area contributed by atoms with Crippen LogP contribution in [0.3, 0.4) is 0 Å². The molecule has 1 saturated heterocycles. The molecule has 5 nitrogen and oxygen atoms in total. The van der Waals surface area contributed by atoms with Crippen LogP contribution in [-0.4, -0.2) is 45.1 Å². The second kappa shape index (κ2) is 4.93. The Balaban J connectivity index is 1.70. The molecular formula is C14H15N3O2. The van der Waals surface area contributed by atoms with Crippen LogP contribution in [0.1, 0.15) is 12.1 Å². The predicted molar refractivity (Wildman–Crippen MR) is 70.4 cm³/mol. The highest BCUT2D eigenvalue weighted by atomic mass is 16.3. The molecule has 1 aliphatic heterocycles. The molecular weight excluding hydrogens is 242 g/mol. The summed E-state index contributed by atoms with van der Waals surface area (Å²) in [6, 6.07) is 7.71. The number of amides is 1. The van der Waals surface area contributed by atoms with Gasteiger partial charge in [0.2, 0.25) is 5.91 Å². The number of likely N-dealkylation sites (tertiary alicyclic amines) is 1. The number of fused-ring (bicyclic) bond motifs is 1. The van der Waals surface area contributed by atoms with Gasteiger partial charge < -0.3 is 10.0 Å². The largest absolute Gasteiger partial charge is 0.391 e. The van der Waals surface area contributed by atoms with Crippen molar-refractivity contribution in [3.05, 3.63) is 36.2 Å². The number of nitrogens with zero attached hydrogens (tertiary/aromatic N) is 3. The smallest absolute Gasteiger partial charge is 0.225 e. The zero-order valence-corrected chi connectivity index (χ0v) is 10.5. The summed E-state index contributed by atoms with van der Waals surface area (Å²) in [4.78, 5) is 22.1. The molecule has 3 rings (SSSR count). The second-order valence-electron chi connectivity index (χ2n) is 4.80. The number of aliphatic hydroxyl groups excluding tert-OH is 1. The van der Waals surface area contributed by atoms with E-state index >= 15 is 0 Å². The first-order valence-corrected chi connectivity index (χ1v) is 6.39. The minimum absolute atomic E-state index is 0.0150. The fourth-order valence-corrected chi connectivity index (χ4v) is 2.33. The lowest BCUT2D eigenvalue weighted by Gasteiger charge is -2.15. The molecule has 0 aliphatic carbocycles. The molecule has 2 aromatic rings. The minimum atomic E-state index is -0.518. The van der Waals surface area contributed by atoms with Gasteiger partial charge in [-0.05, 0) is 12.1 Å². The molecule has 19 heavy (non-hydrogen) atoms. The number of carbonyl (C=O) groups excluding carboxylic acids is 1. The average Bonchev–Trinajstić information content (AvgIpc) is 2.74. The molecule has 0 bridgehead atoms. The number of aromatic nitrogens is 2. The first kappa shape index (κ1) is 12.0. The minimum Gasteiger partial charge on any atom is -0.391 e. The maximum Gasteiger partial charge on any atom is 0.225 e. The highest BCUT2D eigenvalue weighted by Gasteiger charge is 2.27. The summed E-state index contributed by atoms with van der Waals surface area (Å²) >= 11 is 0. The van der Waals surface area contributed by atoms with E-state index in [-0.39, 0.29) is 12.3 Å². The van der Waals surface area contributed by atoms with Crippen molar-refractivity contribution in [3.63, 3.8) is 0 Å². The van der Waals surface area contributed by atoms with Crippen molar-refractivity contribution in [2.45, 2.75) is 18.9 Å². The van der Waals surface area contributed by atoms with Gasteiger partial charge >= 0.3 is 0 Å². The summed E-state index contributed by atoms with van der Waals surface area (Å²) in [5, 5.41) is 9.42. The van der Waals surface area contributed by atoms with E-state index in [1.807, 2.05) is 24.3 Å². The predicted octanol–water partition coefficient (Wildman–Crippen LogP) is 0.765. The Morgan fingerprint density at radius 3 is 2.84 bits per heavy atom. The highest BCUT2D eigenvalue weighted by molar-refractivity contribution is 5.79. The van der Waals surface area contributed by atoms with E-state index in [1.165, 1.54) is 0 Å². The molecule has 1 fully saturated rings. The monoisotopic (exact) mass is 257 g/mol. The van der Waals surface area contributed by atoms with Gasteiger partial charge in [-0.15, -0.1) is 0 Å². The summed E-state index contributed by atoms with van der Waals surface area (Å²) in [7, 11) is 0. The zero-order chi connectivity index (χ0) is 13.2. The third-order valence-electron chi connectivity index (χ3n) is 3.33. The number of β-amino-alcohol motifs (C(OH)–C–C–N with tert-alkyl or cyclic N) is 1. The van der Waals surface area contributed by atoms with Gasteiger partial charge in [0, 0.05) is 25.7 Å². The molecule has 0 saturated carbocycles. The van der Waals surface area contributed by atoms with Gasteiger partial charge in [-0.1, -0.05) is 12.1 Å². The lowest BCUT2D eigenvalue weighted by atomic mass is 10.2. The third-order valence-corrected chi connectivity index (χ3v) is 3.33. The Morgan fingerprint density at radius 2 is 2.11 bits per heavy atom. The Labute approximate surface area is 110 Å². The van der Waals surface area contributed by atoms with Crippen LogP contribution < -0.4 is 0 Å². The van der Waals surface area contributed by atoms with Gasteiger partial charge in [0.05, 0.1) is 29.3 Å². The molecule has 1 amide bonds. The van der Waals surface area contributed by atoms with Crippen LogP contribution in [0.25, 0.3) is 11.0 Å². The molecule has 0 spiro atoms. The summed E-state index contributed by atoms with van der Waals surface area (Å²) in [6.07, 6.45) is 2.13. The number of benzene rings is 1. The zero-order valence-electron chi connectivity index (χ0n) is 10.5. The molecule has 1 aliphatic rings. The molecule has 0 radical (unpaired) electrons. The second-order valence-corrected chi connectivity index (χ2v) is 4.80. The standard InChI is InChI=1S/C14H15N3O2/c18-11-7-14(19)17(9-11)6-5-10-8-15-12-3-1-2-4-13(12)16-10/h1-4,8,11,18H,5-7,9H2. The highest BCUT2D eigenvalue weighted by Crippen LogP contribution is 2.13. The van der Waals surface area contributed by atoms with Crippen LogP contribution in [0.4, 0.5) is 0 Å². The Kier molecular flexibility index (Phi) is 3.13. The number of hydrogen-bond acceptors (Lipinski definition) is 4. The van der Waals surface area contributed by atoms with Crippen LogP contribution in [-0.2, 0) is 11.2 Å². The molecule has 5 heteroatoms. The first-order valence-electron chi connectivity index (χ1n) is 6.39. The van der Waals surface area contributed by atoms with Crippen LogP contribution in [0.2, 0.25) is 0 Å². The maximum atomic E-state index is 11.5. The Bertz CT molecular complexity index is 614. The van der Waals surface area contributed by atoms with Crippen LogP contribution in [0.5, 0.6) is 0 Å². The Hall–Kier alpha value is -2.01. The summed E-state index contributed by atoms with van der Waals surface area (Å²) in [5.74, 6) is 0.0150. The van der Waals surface area contributed by atoms with Gasteiger partial charge in [0.15, 0.2) is 0 Å². The lowest BCUT2D eigenvalue weighted by Crippen LogP contribution is -2.28. The van der Waals surface area contributed by atoms with Crippen LogP contribution in [0, 0.1) is 0 Å². The number of hydrogen-bond donors (Lipinski definition) is 1. The van der Waals surface area contributed by atoms with E-state index in [9.17, 15) is 9.90 Å². The van der Waals surface area contributed by atoms with Crippen molar-refractivity contribution >= 4 is 16.9 Å². The lowest BCUT2D eigenvalue weighted by molar-refractivity contribution is -0.127. The van der Waals surface area contributed by atoms with Crippen molar-refractivity contribution < 1.29 is 9.90 Å². The summed E-state index contributed by atoms with van der Waals surface area (Å²) in [6.45, 7) is 1.02. The normalized spacial score (nSPS) is 19.3. The van der Waals surface area contributed by atoms with E-state index in [4.69, 9.17) is 0 Å². The van der Waals surface area contributed by atoms with Crippen molar-refractivity contribution in [1.29, 1.82) is 0 Å². The fraction of sp³-hybridized carbons (Fsp3) is 0.357. The molecule has 2 heterocycles. The summed E-state index contributed by atoms with van der Waals surface area (Å²) < 4.78 is 0. The van der Waals surface area contributed by atoms with Crippen LogP contribution in [0.15, 0.2) is 30.5 Å². The fourth-order valence-electron chi connectivity index (χ4n) is 2.33. The maximum absolute atomic E-state index is 11.5. The number of rotatable bonds is 3. The van der Waals surface area contributed by atoms with Gasteiger partial charge in [-0.2, -0.15) is 0 Å². The van der Waals surface area contributed by atoms with Gasteiger partial charge in [0.25, 0.3) is 0 Å². The van der Waals surface area contributed by atoms with Gasteiger partial charge in [-0.25, -0.2) is 4.98 Å². The van der Waals surface area contributed by atoms with Gasteiger partial charge in [0.1, 0.15) is 0 Å².